The Morgan fingerprint density at radius 3 is 3.00 bits per heavy atom. The fourth-order valence-corrected chi connectivity index (χ4v) is 2.54. The minimum absolute atomic E-state index is 0.556. The number of allylic oxidation sites excluding steroid dienone is 1. The molecule has 0 aromatic carbocycles. The summed E-state index contributed by atoms with van der Waals surface area (Å²) >= 11 is 1.40. The van der Waals surface area contributed by atoms with Crippen molar-refractivity contribution in [2.45, 2.75) is 25.4 Å². The summed E-state index contributed by atoms with van der Waals surface area (Å²) in [5, 5.41) is 11.0. The van der Waals surface area contributed by atoms with Gasteiger partial charge in [-0.1, -0.05) is 30.4 Å². The number of hydrogen-bond acceptors (Lipinski definition) is 4. The summed E-state index contributed by atoms with van der Waals surface area (Å²) in [6.45, 7) is 2.16. The summed E-state index contributed by atoms with van der Waals surface area (Å²) in [4.78, 5) is 4.94. The smallest absolute Gasteiger partial charge is 0.273 e. The lowest BCUT2D eigenvalue weighted by molar-refractivity contribution is 0.0708. The Balaban J connectivity index is 2.25. The van der Waals surface area contributed by atoms with E-state index in [1.807, 2.05) is 6.08 Å². The van der Waals surface area contributed by atoms with Gasteiger partial charge in [0.1, 0.15) is 5.60 Å². The molecule has 2 atom stereocenters. The minimum atomic E-state index is -0.832. The molecule has 0 radical (unpaired) electrons. The lowest BCUT2D eigenvalue weighted by Crippen LogP contribution is -2.25. The Kier molecular flexibility index (Phi) is 2.80. The van der Waals surface area contributed by atoms with Gasteiger partial charge >= 0.3 is 0 Å². The summed E-state index contributed by atoms with van der Waals surface area (Å²) in [5.41, 5.74) is -0.832. The maximum atomic E-state index is 10.4. The summed E-state index contributed by atoms with van der Waals surface area (Å²) in [5.74, 6) is 0.556. The Morgan fingerprint density at radius 1 is 1.67 bits per heavy atom. The minimum Gasteiger partial charge on any atom is -0.473 e. The second-order valence-electron chi connectivity index (χ2n) is 3.99. The standard InChI is InChI=1S/C11H15NO2S/c1-8-3-5-11(13,6-4-8)9-7-12-10(14-2)15-9/h3,5,7-8,13H,4,6H2,1-2H3. The normalized spacial score (nSPS) is 30.5. The Morgan fingerprint density at radius 2 is 2.47 bits per heavy atom. The van der Waals surface area contributed by atoms with E-state index < -0.39 is 5.60 Å². The third kappa shape index (κ3) is 2.06. The first kappa shape index (κ1) is 10.6. The van der Waals surface area contributed by atoms with E-state index in [4.69, 9.17) is 4.74 Å². The molecule has 0 saturated heterocycles. The molecule has 2 rings (SSSR count). The molecule has 1 aromatic heterocycles. The molecule has 1 aromatic rings. The van der Waals surface area contributed by atoms with Crippen molar-refractivity contribution in [3.8, 4) is 5.19 Å². The van der Waals surface area contributed by atoms with Gasteiger partial charge in [0.05, 0.1) is 12.0 Å². The monoisotopic (exact) mass is 225 g/mol. The molecular formula is C11H15NO2S. The Hall–Kier alpha value is -0.870. The summed E-state index contributed by atoms with van der Waals surface area (Å²) in [7, 11) is 1.59. The second kappa shape index (κ2) is 3.94. The number of aliphatic hydroxyl groups is 1. The molecule has 82 valence electrons. The number of aromatic nitrogens is 1. The highest BCUT2D eigenvalue weighted by Gasteiger charge is 2.31. The zero-order chi connectivity index (χ0) is 10.9. The number of thiazole rings is 1. The molecule has 0 fully saturated rings. The van der Waals surface area contributed by atoms with Gasteiger partial charge in [-0.15, -0.1) is 0 Å². The predicted octanol–water partition coefficient (Wildman–Crippen LogP) is 2.33. The molecule has 0 amide bonds. The van der Waals surface area contributed by atoms with E-state index in [1.165, 1.54) is 11.3 Å². The zero-order valence-electron chi connectivity index (χ0n) is 8.93. The van der Waals surface area contributed by atoms with E-state index in [0.29, 0.717) is 11.1 Å². The van der Waals surface area contributed by atoms with Crippen LogP contribution in [0.15, 0.2) is 18.3 Å². The van der Waals surface area contributed by atoms with Crippen molar-refractivity contribution in [3.63, 3.8) is 0 Å². The van der Waals surface area contributed by atoms with Crippen LogP contribution in [0.5, 0.6) is 5.19 Å². The van der Waals surface area contributed by atoms with Crippen molar-refractivity contribution in [1.29, 1.82) is 0 Å². The van der Waals surface area contributed by atoms with Crippen LogP contribution in [0.2, 0.25) is 0 Å². The van der Waals surface area contributed by atoms with Gasteiger partial charge in [-0.2, -0.15) is 0 Å². The fraction of sp³-hybridized carbons (Fsp3) is 0.545. The number of methoxy groups -OCH3 is 1. The van der Waals surface area contributed by atoms with Gasteiger partial charge in [-0.3, -0.25) is 0 Å². The lowest BCUT2D eigenvalue weighted by Gasteiger charge is -2.28. The van der Waals surface area contributed by atoms with Crippen LogP contribution < -0.4 is 4.74 Å². The average molecular weight is 225 g/mol. The topological polar surface area (TPSA) is 42.4 Å². The van der Waals surface area contributed by atoms with Gasteiger partial charge in [0.25, 0.3) is 5.19 Å². The number of hydrogen-bond donors (Lipinski definition) is 1. The van der Waals surface area contributed by atoms with Crippen LogP contribution in [0.1, 0.15) is 24.6 Å². The van der Waals surface area contributed by atoms with Crippen LogP contribution in [0, 0.1) is 5.92 Å². The fourth-order valence-electron chi connectivity index (χ4n) is 1.71. The zero-order valence-corrected chi connectivity index (χ0v) is 9.75. The molecule has 0 bridgehead atoms. The van der Waals surface area contributed by atoms with Gasteiger partial charge in [-0.05, 0) is 18.8 Å². The van der Waals surface area contributed by atoms with Gasteiger partial charge in [0.15, 0.2) is 0 Å². The van der Waals surface area contributed by atoms with Crippen molar-refractivity contribution < 1.29 is 9.84 Å². The second-order valence-corrected chi connectivity index (χ2v) is 4.99. The third-order valence-corrected chi connectivity index (χ3v) is 3.89. The third-order valence-electron chi connectivity index (χ3n) is 2.77. The summed E-state index contributed by atoms with van der Waals surface area (Å²) in [6, 6.07) is 0. The van der Waals surface area contributed by atoms with Crippen molar-refractivity contribution in [1.82, 2.24) is 4.98 Å². The maximum absolute atomic E-state index is 10.4. The van der Waals surface area contributed by atoms with Gasteiger partial charge < -0.3 is 9.84 Å². The van der Waals surface area contributed by atoms with Gasteiger partial charge in [-0.25, -0.2) is 4.98 Å². The number of rotatable bonds is 2. The Labute approximate surface area is 93.4 Å². The molecule has 1 heterocycles. The predicted molar refractivity (Wildman–Crippen MR) is 60.1 cm³/mol. The van der Waals surface area contributed by atoms with Crippen LogP contribution >= 0.6 is 11.3 Å². The van der Waals surface area contributed by atoms with Crippen molar-refractivity contribution >= 4 is 11.3 Å². The molecule has 0 aliphatic heterocycles. The van der Waals surface area contributed by atoms with Crippen molar-refractivity contribution in [2.24, 2.45) is 5.92 Å². The maximum Gasteiger partial charge on any atom is 0.273 e. The van der Waals surface area contributed by atoms with Crippen LogP contribution in [-0.4, -0.2) is 17.2 Å². The highest BCUT2D eigenvalue weighted by molar-refractivity contribution is 7.13. The molecule has 2 unspecified atom stereocenters. The van der Waals surface area contributed by atoms with Crippen LogP contribution in [0.4, 0.5) is 0 Å². The quantitative estimate of drug-likeness (QED) is 0.785. The largest absolute Gasteiger partial charge is 0.473 e. The molecule has 3 nitrogen and oxygen atoms in total. The highest BCUT2D eigenvalue weighted by Crippen LogP contribution is 2.38. The van der Waals surface area contributed by atoms with Crippen LogP contribution in [0.3, 0.4) is 0 Å². The first-order valence-corrected chi connectivity index (χ1v) is 5.88. The first-order chi connectivity index (χ1) is 7.14. The summed E-state index contributed by atoms with van der Waals surface area (Å²) < 4.78 is 5.02. The van der Waals surface area contributed by atoms with Crippen molar-refractivity contribution in [2.75, 3.05) is 7.11 Å². The SMILES string of the molecule is COc1ncc(C2(O)C=CC(C)CC2)s1. The molecule has 0 saturated carbocycles. The molecule has 15 heavy (non-hydrogen) atoms. The van der Waals surface area contributed by atoms with E-state index in [2.05, 4.69) is 18.0 Å². The number of ether oxygens (including phenoxy) is 1. The molecule has 4 heteroatoms. The average Bonchev–Trinajstić information content (AvgIpc) is 2.72. The van der Waals surface area contributed by atoms with E-state index in [0.717, 1.165) is 17.7 Å². The van der Waals surface area contributed by atoms with Crippen LogP contribution in [-0.2, 0) is 5.60 Å². The van der Waals surface area contributed by atoms with E-state index in [1.54, 1.807) is 13.3 Å². The summed E-state index contributed by atoms with van der Waals surface area (Å²) in [6.07, 6.45) is 7.41. The van der Waals surface area contributed by atoms with Crippen LogP contribution in [0.25, 0.3) is 0 Å². The molecule has 1 aliphatic carbocycles. The van der Waals surface area contributed by atoms with E-state index in [-0.39, 0.29) is 0 Å². The first-order valence-electron chi connectivity index (χ1n) is 5.06. The Bertz CT molecular complexity index is 374. The highest BCUT2D eigenvalue weighted by atomic mass is 32.1. The van der Waals surface area contributed by atoms with Gasteiger partial charge in [0.2, 0.25) is 0 Å². The molecular weight excluding hydrogens is 210 g/mol. The lowest BCUT2D eigenvalue weighted by atomic mass is 9.85. The van der Waals surface area contributed by atoms with Gasteiger partial charge in [0, 0.05) is 6.20 Å². The number of nitrogens with zero attached hydrogens (tertiary/aromatic N) is 1. The van der Waals surface area contributed by atoms with E-state index in [9.17, 15) is 5.11 Å². The molecule has 1 aliphatic rings. The van der Waals surface area contributed by atoms with E-state index >= 15 is 0 Å². The molecule has 1 N–H and O–H groups in total. The van der Waals surface area contributed by atoms with Crippen molar-refractivity contribution in [3.05, 3.63) is 23.2 Å². The molecule has 0 spiro atoms.